The number of ether oxygens (including phenoxy) is 2. The van der Waals surface area contributed by atoms with Crippen molar-refractivity contribution in [3.05, 3.63) is 70.4 Å². The van der Waals surface area contributed by atoms with Crippen molar-refractivity contribution in [1.29, 1.82) is 0 Å². The minimum absolute atomic E-state index is 0.239. The molecule has 0 unspecified atom stereocenters. The van der Waals surface area contributed by atoms with E-state index in [1.165, 1.54) is 18.3 Å². The van der Waals surface area contributed by atoms with E-state index in [1.54, 1.807) is 0 Å². The molecule has 5 rings (SSSR count). The lowest BCUT2D eigenvalue weighted by molar-refractivity contribution is -0.125. The first-order chi connectivity index (χ1) is 16.5. The fraction of sp³-hybridized carbons (Fsp3) is 0.240. The molecule has 3 N–H and O–H groups in total. The van der Waals surface area contributed by atoms with Gasteiger partial charge in [0, 0.05) is 41.7 Å². The van der Waals surface area contributed by atoms with Crippen molar-refractivity contribution < 1.29 is 19.1 Å². The van der Waals surface area contributed by atoms with Crippen LogP contribution in [0.3, 0.4) is 0 Å². The molecule has 8 nitrogen and oxygen atoms in total. The van der Waals surface area contributed by atoms with Crippen molar-refractivity contribution in [2.75, 3.05) is 12.1 Å². The van der Waals surface area contributed by atoms with Crippen LogP contribution in [0.15, 0.2) is 48.7 Å². The van der Waals surface area contributed by atoms with Crippen LogP contribution in [0.4, 0.5) is 5.13 Å². The minimum Gasteiger partial charge on any atom is -0.454 e. The number of nitrogens with one attached hydrogen (secondary N) is 3. The zero-order valence-corrected chi connectivity index (χ0v) is 19.6. The summed E-state index contributed by atoms with van der Waals surface area (Å²) in [5.41, 5.74) is 3.88. The molecule has 1 aliphatic heterocycles. The number of carbonyl (C=O) groups excluding carboxylic acids is 2. The first-order valence-electron chi connectivity index (χ1n) is 10.9. The van der Waals surface area contributed by atoms with Gasteiger partial charge in [-0.25, -0.2) is 4.98 Å². The van der Waals surface area contributed by atoms with Gasteiger partial charge in [0.25, 0.3) is 0 Å². The van der Waals surface area contributed by atoms with Gasteiger partial charge >= 0.3 is 0 Å². The van der Waals surface area contributed by atoms with Gasteiger partial charge in [-0.15, -0.1) is 11.3 Å². The van der Waals surface area contributed by atoms with Crippen molar-refractivity contribution >= 4 is 39.2 Å². The summed E-state index contributed by atoms with van der Waals surface area (Å²) in [6.45, 7) is 3.57. The lowest BCUT2D eigenvalue weighted by Gasteiger charge is -2.16. The van der Waals surface area contributed by atoms with Gasteiger partial charge in [-0.2, -0.15) is 0 Å². The van der Waals surface area contributed by atoms with E-state index in [0.717, 1.165) is 44.1 Å². The molecule has 2 amide bonds. The molecule has 9 heteroatoms. The first-order valence-corrected chi connectivity index (χ1v) is 11.8. The molecule has 0 fully saturated rings. The number of amides is 2. The van der Waals surface area contributed by atoms with Crippen LogP contribution >= 0.6 is 11.3 Å². The highest BCUT2D eigenvalue weighted by atomic mass is 32.1. The van der Waals surface area contributed by atoms with Crippen molar-refractivity contribution in [3.8, 4) is 11.5 Å². The molecule has 3 heterocycles. The quantitative estimate of drug-likeness (QED) is 0.375. The highest BCUT2D eigenvalue weighted by Crippen LogP contribution is 2.34. The highest BCUT2D eigenvalue weighted by molar-refractivity contribution is 7.15. The predicted molar refractivity (Wildman–Crippen MR) is 130 cm³/mol. The molecule has 0 saturated heterocycles. The third-order valence-corrected chi connectivity index (χ3v) is 6.79. The highest BCUT2D eigenvalue weighted by Gasteiger charge is 2.23. The lowest BCUT2D eigenvalue weighted by Crippen LogP contribution is -2.44. The Hall–Kier alpha value is -3.85. The molecular weight excluding hydrogens is 452 g/mol. The van der Waals surface area contributed by atoms with Crippen molar-refractivity contribution in [3.63, 3.8) is 0 Å². The van der Waals surface area contributed by atoms with E-state index in [2.05, 4.69) is 20.6 Å². The monoisotopic (exact) mass is 476 g/mol. The van der Waals surface area contributed by atoms with Crippen LogP contribution in [0.1, 0.15) is 28.6 Å². The minimum atomic E-state index is -0.724. The number of hydrogen-bond acceptors (Lipinski definition) is 6. The van der Waals surface area contributed by atoms with E-state index in [9.17, 15) is 9.59 Å². The number of fused-ring (bicyclic) bond motifs is 2. The second kappa shape index (κ2) is 9.18. The standard InChI is InChI=1S/C25H24N4O4S/c1-14-23(10-16-7-8-21-22(9-16)33-13-32-21)34-25(27-14)29-24(31)20(28-15(2)30)11-17-12-26-19-6-4-3-5-18(17)19/h3-9,12,20,26H,10-11,13H2,1-2H3,(H,28,30)(H,27,29,31)/t20-/m0/s1. The summed E-state index contributed by atoms with van der Waals surface area (Å²) in [6, 6.07) is 13.0. The molecule has 0 radical (unpaired) electrons. The Morgan fingerprint density at radius 1 is 1.18 bits per heavy atom. The van der Waals surface area contributed by atoms with Gasteiger partial charge < -0.3 is 25.1 Å². The van der Waals surface area contributed by atoms with Gasteiger partial charge in [0.05, 0.1) is 5.69 Å². The number of thiazole rings is 1. The van der Waals surface area contributed by atoms with E-state index >= 15 is 0 Å². The third-order valence-electron chi connectivity index (χ3n) is 5.72. The van der Waals surface area contributed by atoms with Gasteiger partial charge in [-0.3, -0.25) is 9.59 Å². The molecule has 34 heavy (non-hydrogen) atoms. The Bertz CT molecular complexity index is 1380. The van der Waals surface area contributed by atoms with Gasteiger partial charge in [0.15, 0.2) is 16.6 Å². The second-order valence-electron chi connectivity index (χ2n) is 8.20. The van der Waals surface area contributed by atoms with E-state index in [1.807, 2.05) is 55.6 Å². The number of aromatic amines is 1. The van der Waals surface area contributed by atoms with Crippen LogP contribution in [0.25, 0.3) is 10.9 Å². The van der Waals surface area contributed by atoms with Gasteiger partial charge in [-0.05, 0) is 36.2 Å². The molecule has 0 aliphatic carbocycles. The van der Waals surface area contributed by atoms with Crippen molar-refractivity contribution in [2.24, 2.45) is 0 Å². The molecule has 4 aromatic rings. The maximum Gasteiger partial charge on any atom is 0.249 e. The number of carbonyl (C=O) groups is 2. The van der Waals surface area contributed by atoms with Crippen LogP contribution in [0.2, 0.25) is 0 Å². The smallest absolute Gasteiger partial charge is 0.249 e. The molecule has 0 bridgehead atoms. The van der Waals surface area contributed by atoms with Gasteiger partial charge in [-0.1, -0.05) is 24.3 Å². The Labute approximate surface area is 200 Å². The first kappa shape index (κ1) is 22.0. The maximum absolute atomic E-state index is 13.1. The van der Waals surface area contributed by atoms with Crippen LogP contribution in [0.5, 0.6) is 11.5 Å². The fourth-order valence-corrected chi connectivity index (χ4v) is 5.05. The Kier molecular flexibility index (Phi) is 5.93. The number of aromatic nitrogens is 2. The van der Waals surface area contributed by atoms with Crippen LogP contribution in [-0.4, -0.2) is 34.6 Å². The van der Waals surface area contributed by atoms with Crippen LogP contribution < -0.4 is 20.1 Å². The van der Waals surface area contributed by atoms with E-state index in [4.69, 9.17) is 9.47 Å². The summed E-state index contributed by atoms with van der Waals surface area (Å²) < 4.78 is 10.8. The summed E-state index contributed by atoms with van der Waals surface area (Å²) in [5, 5.41) is 7.21. The van der Waals surface area contributed by atoms with E-state index in [0.29, 0.717) is 18.0 Å². The summed E-state index contributed by atoms with van der Waals surface area (Å²) in [7, 11) is 0. The number of rotatable bonds is 7. The zero-order valence-electron chi connectivity index (χ0n) is 18.8. The van der Waals surface area contributed by atoms with Crippen LogP contribution in [0, 0.1) is 6.92 Å². The molecule has 0 saturated carbocycles. The maximum atomic E-state index is 13.1. The normalized spacial score (nSPS) is 13.1. The summed E-state index contributed by atoms with van der Waals surface area (Å²) >= 11 is 1.43. The average Bonchev–Trinajstić information content (AvgIpc) is 3.52. The number of hydrogen-bond donors (Lipinski definition) is 3. The molecule has 1 aliphatic rings. The van der Waals surface area contributed by atoms with Crippen molar-refractivity contribution in [1.82, 2.24) is 15.3 Å². The Balaban J connectivity index is 1.31. The SMILES string of the molecule is CC(=O)N[C@@H](Cc1c[nH]c2ccccc12)C(=O)Nc1nc(C)c(Cc2ccc3c(c2)OCO3)s1. The summed E-state index contributed by atoms with van der Waals surface area (Å²) in [6.07, 6.45) is 2.91. The van der Waals surface area contributed by atoms with Gasteiger partial charge in [0.2, 0.25) is 18.6 Å². The topological polar surface area (TPSA) is 105 Å². The van der Waals surface area contributed by atoms with E-state index < -0.39 is 6.04 Å². The zero-order chi connectivity index (χ0) is 23.7. The number of para-hydroxylation sites is 1. The largest absolute Gasteiger partial charge is 0.454 e. The molecule has 2 aromatic carbocycles. The van der Waals surface area contributed by atoms with Gasteiger partial charge in [0.1, 0.15) is 6.04 Å². The summed E-state index contributed by atoms with van der Waals surface area (Å²) in [5.74, 6) is 0.920. The average molecular weight is 477 g/mol. The summed E-state index contributed by atoms with van der Waals surface area (Å²) in [4.78, 5) is 33.7. The number of benzene rings is 2. The number of H-pyrrole nitrogens is 1. The number of anilines is 1. The van der Waals surface area contributed by atoms with Crippen molar-refractivity contribution in [2.45, 2.75) is 32.7 Å². The van der Waals surface area contributed by atoms with Crippen LogP contribution in [-0.2, 0) is 22.4 Å². The fourth-order valence-electron chi connectivity index (χ4n) is 4.05. The second-order valence-corrected chi connectivity index (χ2v) is 9.28. The number of nitrogens with zero attached hydrogens (tertiary/aromatic N) is 1. The Morgan fingerprint density at radius 3 is 2.85 bits per heavy atom. The third kappa shape index (κ3) is 4.60. The lowest BCUT2D eigenvalue weighted by atomic mass is 10.0. The molecule has 1 atom stereocenters. The molecular formula is C25H24N4O4S. The Morgan fingerprint density at radius 2 is 2.00 bits per heavy atom. The molecule has 2 aromatic heterocycles. The number of aryl methyl sites for hydroxylation is 1. The molecule has 174 valence electrons. The van der Waals surface area contributed by atoms with E-state index in [-0.39, 0.29) is 18.6 Å². The molecule has 0 spiro atoms. The predicted octanol–water partition coefficient (Wildman–Crippen LogP) is 3.94.